The quantitative estimate of drug-likeness (QED) is 0.571. The maximum atomic E-state index is 13.0. The van der Waals surface area contributed by atoms with Crippen LogP contribution in [0.5, 0.6) is 0 Å². The molecule has 2 aliphatic carbocycles. The maximum absolute atomic E-state index is 13.0. The van der Waals surface area contributed by atoms with Gasteiger partial charge in [0, 0.05) is 13.2 Å². The molecule has 3 fully saturated rings. The van der Waals surface area contributed by atoms with Crippen LogP contribution in [-0.4, -0.2) is 67.5 Å². The van der Waals surface area contributed by atoms with Crippen LogP contribution in [0.15, 0.2) is 16.9 Å². The number of carbonyl (C=O) groups excluding carboxylic acids is 2. The summed E-state index contributed by atoms with van der Waals surface area (Å²) in [7, 11) is 1.58. The van der Waals surface area contributed by atoms with Crippen molar-refractivity contribution in [1.82, 2.24) is 15.5 Å². The number of nitrogens with one attached hydrogen (secondary N) is 3. The molecular formula is C19H27F2N5O4-2. The average molecular weight is 427 g/mol. The Labute approximate surface area is 173 Å². The van der Waals surface area contributed by atoms with E-state index in [-0.39, 0.29) is 11.6 Å². The second-order valence-corrected chi connectivity index (χ2v) is 8.23. The minimum Gasteiger partial charge on any atom is -0.667 e. The summed E-state index contributed by atoms with van der Waals surface area (Å²) in [6.45, 7) is -0.480. The normalized spacial score (nSPS) is 28.2. The van der Waals surface area contributed by atoms with Crippen LogP contribution in [-0.2, 0) is 14.3 Å². The smallest absolute Gasteiger partial charge is 0.273 e. The zero-order valence-corrected chi connectivity index (χ0v) is 16.8. The van der Waals surface area contributed by atoms with Crippen LogP contribution in [0.4, 0.5) is 8.78 Å². The van der Waals surface area contributed by atoms with Crippen molar-refractivity contribution in [2.75, 3.05) is 26.7 Å². The molecular weight excluding hydrogens is 400 g/mol. The average Bonchev–Trinajstić information content (AvgIpc) is 3.60. The molecule has 0 radical (unpaired) electrons. The molecule has 30 heavy (non-hydrogen) atoms. The Bertz CT molecular complexity index is 716. The van der Waals surface area contributed by atoms with Gasteiger partial charge in [0.25, 0.3) is 5.92 Å². The lowest BCUT2D eigenvalue weighted by Gasteiger charge is -2.50. The Balaban J connectivity index is 0.000000216. The largest absolute Gasteiger partial charge is 0.667 e. The van der Waals surface area contributed by atoms with E-state index in [1.165, 1.54) is 24.0 Å². The monoisotopic (exact) mass is 427 g/mol. The summed E-state index contributed by atoms with van der Waals surface area (Å²) in [5.74, 6) is -4.51. The Morgan fingerprint density at radius 3 is 2.43 bits per heavy atom. The van der Waals surface area contributed by atoms with Gasteiger partial charge in [0.2, 0.25) is 11.8 Å². The minimum absolute atomic E-state index is 0.146. The van der Waals surface area contributed by atoms with E-state index in [1.807, 2.05) is 0 Å². The van der Waals surface area contributed by atoms with Crippen molar-refractivity contribution in [2.24, 2.45) is 16.8 Å². The fourth-order valence-electron chi connectivity index (χ4n) is 3.10. The molecule has 4 rings (SSSR count). The molecule has 4 aliphatic rings. The van der Waals surface area contributed by atoms with Gasteiger partial charge in [-0.05, 0) is 24.7 Å². The van der Waals surface area contributed by atoms with Gasteiger partial charge >= 0.3 is 0 Å². The second-order valence-electron chi connectivity index (χ2n) is 8.23. The van der Waals surface area contributed by atoms with Crippen LogP contribution in [0.1, 0.15) is 32.1 Å². The standard InChI is InChI=1S/C12H15F2N3O3.C7H13N2O/c13-11(14)6-17(7-11)12(20-4-8-1-2-8)5-15-9(3-16-12)10(18)19;1-9-7(10)6(8)4-5-2-3-5/h3,5,8,16H,1-2,4,6-7H2,(H,18,19);5-6,8H,2-4H2,1H3,(H,9,10)/q;-1/p-1/t;6-/m.0/s1. The van der Waals surface area contributed by atoms with Crippen LogP contribution < -0.4 is 15.7 Å². The molecule has 2 heterocycles. The summed E-state index contributed by atoms with van der Waals surface area (Å²) in [5.41, 5.74) is 7.05. The number of hydrogen-bond donors (Lipinski definition) is 2. The van der Waals surface area contributed by atoms with Crippen LogP contribution in [0.2, 0.25) is 0 Å². The SMILES string of the molecule is CNC(=O)[C@@H]([NH-])CC1CC1.O=C([O-])C1=CNC(OCC2CC2)(N2CC(F)(F)C2)C=N1. The molecule has 11 heteroatoms. The van der Waals surface area contributed by atoms with Gasteiger partial charge in [0.05, 0.1) is 31.9 Å². The van der Waals surface area contributed by atoms with Crippen molar-refractivity contribution >= 4 is 18.1 Å². The first-order chi connectivity index (χ1) is 14.1. The van der Waals surface area contributed by atoms with E-state index in [4.69, 9.17) is 10.5 Å². The van der Waals surface area contributed by atoms with Gasteiger partial charge in [-0.3, -0.25) is 9.79 Å². The molecule has 0 spiro atoms. The molecule has 3 N–H and O–H groups in total. The summed E-state index contributed by atoms with van der Waals surface area (Å²) >= 11 is 0. The third-order valence-electron chi connectivity index (χ3n) is 5.38. The van der Waals surface area contributed by atoms with Crippen LogP contribution in [0.25, 0.3) is 5.73 Å². The molecule has 2 atom stereocenters. The number of carboxylic acid groups (broad SMARTS) is 1. The van der Waals surface area contributed by atoms with E-state index >= 15 is 0 Å². The molecule has 2 aliphatic heterocycles. The lowest BCUT2D eigenvalue weighted by atomic mass is 10.1. The first-order valence-electron chi connectivity index (χ1n) is 10.1. The molecule has 1 unspecified atom stereocenters. The number of hydrogen-bond acceptors (Lipinski definition) is 7. The summed E-state index contributed by atoms with van der Waals surface area (Å²) in [6.07, 6.45) is 7.64. The number of halogens is 2. The van der Waals surface area contributed by atoms with Crippen molar-refractivity contribution < 1.29 is 28.2 Å². The Morgan fingerprint density at radius 1 is 1.37 bits per heavy atom. The lowest BCUT2D eigenvalue weighted by molar-refractivity contribution is -0.299. The van der Waals surface area contributed by atoms with Crippen molar-refractivity contribution in [3.8, 4) is 0 Å². The van der Waals surface area contributed by atoms with E-state index in [2.05, 4.69) is 15.6 Å². The molecule has 0 aromatic rings. The summed E-state index contributed by atoms with van der Waals surface area (Å²) in [6, 6.07) is -0.530. The molecule has 0 aromatic carbocycles. The number of likely N-dealkylation sites (N-methyl/N-ethyl adjacent to an activating group) is 1. The van der Waals surface area contributed by atoms with E-state index in [0.29, 0.717) is 18.4 Å². The molecule has 168 valence electrons. The van der Waals surface area contributed by atoms with E-state index in [9.17, 15) is 23.5 Å². The number of nitrogens with zero attached hydrogens (tertiary/aromatic N) is 2. The maximum Gasteiger partial charge on any atom is 0.273 e. The van der Waals surface area contributed by atoms with Crippen molar-refractivity contribution in [2.45, 2.75) is 49.9 Å². The topological polar surface area (TPSA) is 130 Å². The minimum atomic E-state index is -2.75. The predicted molar refractivity (Wildman–Crippen MR) is 102 cm³/mol. The molecule has 1 saturated heterocycles. The predicted octanol–water partition coefficient (Wildman–Crippen LogP) is 0.236. The summed E-state index contributed by atoms with van der Waals surface area (Å²) in [5, 5.41) is 15.9. The number of rotatable bonds is 8. The van der Waals surface area contributed by atoms with Gasteiger partial charge < -0.3 is 31.0 Å². The summed E-state index contributed by atoms with van der Waals surface area (Å²) < 4.78 is 31.8. The lowest BCUT2D eigenvalue weighted by Crippen LogP contribution is -2.72. The molecule has 9 nitrogen and oxygen atoms in total. The Hall–Kier alpha value is -2.11. The highest BCUT2D eigenvalue weighted by atomic mass is 19.3. The van der Waals surface area contributed by atoms with E-state index in [1.54, 1.807) is 7.05 Å². The van der Waals surface area contributed by atoms with Crippen molar-refractivity contribution in [3.05, 3.63) is 17.6 Å². The molecule has 0 bridgehead atoms. The summed E-state index contributed by atoms with van der Waals surface area (Å²) in [4.78, 5) is 26.6. The van der Waals surface area contributed by atoms with Crippen LogP contribution in [0, 0.1) is 11.8 Å². The highest BCUT2D eigenvalue weighted by Gasteiger charge is 2.54. The highest BCUT2D eigenvalue weighted by molar-refractivity contribution is 5.88. The number of carbonyl (C=O) groups is 2. The number of amides is 1. The fraction of sp³-hybridized carbons (Fsp3) is 0.737. The van der Waals surface area contributed by atoms with Crippen molar-refractivity contribution in [3.63, 3.8) is 0 Å². The van der Waals surface area contributed by atoms with E-state index in [0.717, 1.165) is 25.5 Å². The van der Waals surface area contributed by atoms with Gasteiger partial charge in [-0.15, -0.1) is 0 Å². The zero-order valence-electron chi connectivity index (χ0n) is 16.8. The van der Waals surface area contributed by atoms with Gasteiger partial charge in [-0.25, -0.2) is 13.7 Å². The van der Waals surface area contributed by atoms with Crippen LogP contribution >= 0.6 is 0 Å². The first-order valence-corrected chi connectivity index (χ1v) is 10.1. The zero-order chi connectivity index (χ0) is 21.9. The van der Waals surface area contributed by atoms with Gasteiger partial charge in [0.15, 0.2) is 0 Å². The number of aliphatic carboxylic acids is 1. The fourth-order valence-corrected chi connectivity index (χ4v) is 3.10. The van der Waals surface area contributed by atoms with Crippen molar-refractivity contribution in [1.29, 1.82) is 0 Å². The number of likely N-dealkylation sites (tertiary alicyclic amines) is 1. The van der Waals surface area contributed by atoms with Gasteiger partial charge in [-0.2, -0.15) is 0 Å². The molecule has 2 saturated carbocycles. The first kappa shape index (κ1) is 22.6. The number of alkyl halides is 2. The van der Waals surface area contributed by atoms with Gasteiger partial charge in [0.1, 0.15) is 5.70 Å². The third-order valence-corrected chi connectivity index (χ3v) is 5.38. The highest BCUT2D eigenvalue weighted by Crippen LogP contribution is 2.36. The Morgan fingerprint density at radius 2 is 2.00 bits per heavy atom. The van der Waals surface area contributed by atoms with E-state index < -0.39 is 36.9 Å². The third kappa shape index (κ3) is 5.96. The number of ether oxygens (including phenoxy) is 1. The number of aliphatic imine (C=N–C) groups is 1. The van der Waals surface area contributed by atoms with Crippen LogP contribution in [0.3, 0.4) is 0 Å². The Kier molecular flexibility index (Phi) is 6.73. The molecule has 0 aromatic heterocycles. The molecule has 1 amide bonds. The second kappa shape index (κ2) is 8.94. The van der Waals surface area contributed by atoms with Gasteiger partial charge in [-0.1, -0.05) is 25.3 Å². The number of carboxylic acids is 1.